The van der Waals surface area contributed by atoms with Gasteiger partial charge < -0.3 is 15.0 Å². The summed E-state index contributed by atoms with van der Waals surface area (Å²) in [4.78, 5) is 15.2. The Kier molecular flexibility index (Phi) is 6.13. The van der Waals surface area contributed by atoms with Crippen molar-refractivity contribution in [2.24, 2.45) is 5.92 Å². The van der Waals surface area contributed by atoms with Gasteiger partial charge in [-0.2, -0.15) is 13.2 Å². The van der Waals surface area contributed by atoms with Crippen LogP contribution in [-0.2, 0) is 4.74 Å². The molecule has 0 aromatic carbocycles. The molecule has 2 atom stereocenters. The van der Waals surface area contributed by atoms with Gasteiger partial charge in [-0.15, -0.1) is 0 Å². The number of urea groups is 1. The Morgan fingerprint density at radius 3 is 2.65 bits per heavy atom. The van der Waals surface area contributed by atoms with Gasteiger partial charge in [-0.25, -0.2) is 4.79 Å². The minimum Gasteiger partial charge on any atom is -0.376 e. The molecule has 0 aliphatic carbocycles. The summed E-state index contributed by atoms with van der Waals surface area (Å²) in [6.07, 6.45) is -2.75. The van der Waals surface area contributed by atoms with Gasteiger partial charge in [-0.1, -0.05) is 13.8 Å². The Labute approximate surface area is 135 Å². The predicted octanol–water partition coefficient (Wildman–Crippen LogP) is 2.08. The third-order valence-electron chi connectivity index (χ3n) is 4.10. The number of hydrogen-bond acceptors (Lipinski definition) is 3. The quantitative estimate of drug-likeness (QED) is 0.835. The van der Waals surface area contributed by atoms with E-state index in [1.807, 2.05) is 0 Å². The zero-order valence-corrected chi connectivity index (χ0v) is 13.7. The van der Waals surface area contributed by atoms with E-state index in [1.165, 1.54) is 4.90 Å². The molecular formula is C15H26F3N3O2. The molecule has 2 fully saturated rings. The van der Waals surface area contributed by atoms with Gasteiger partial charge in [0.2, 0.25) is 0 Å². The molecule has 0 unspecified atom stereocenters. The Balaban J connectivity index is 1.69. The lowest BCUT2D eigenvalue weighted by Crippen LogP contribution is -2.45. The zero-order valence-electron chi connectivity index (χ0n) is 13.7. The molecule has 23 heavy (non-hydrogen) atoms. The summed E-state index contributed by atoms with van der Waals surface area (Å²) < 4.78 is 42.8. The van der Waals surface area contributed by atoms with E-state index in [0.29, 0.717) is 38.6 Å². The van der Waals surface area contributed by atoms with Gasteiger partial charge in [0.25, 0.3) is 0 Å². The van der Waals surface area contributed by atoms with Gasteiger partial charge >= 0.3 is 12.2 Å². The number of likely N-dealkylation sites (tertiary alicyclic amines) is 2. The molecule has 2 rings (SSSR count). The molecule has 0 spiro atoms. The van der Waals surface area contributed by atoms with Crippen LogP contribution >= 0.6 is 0 Å². The van der Waals surface area contributed by atoms with Gasteiger partial charge in [0.05, 0.1) is 12.6 Å². The van der Waals surface area contributed by atoms with Crippen LogP contribution in [0.3, 0.4) is 0 Å². The minimum atomic E-state index is -4.19. The van der Waals surface area contributed by atoms with E-state index in [9.17, 15) is 18.0 Å². The third kappa shape index (κ3) is 6.18. The second kappa shape index (κ2) is 7.70. The first-order chi connectivity index (χ1) is 10.7. The van der Waals surface area contributed by atoms with Crippen LogP contribution < -0.4 is 5.32 Å². The maximum Gasteiger partial charge on any atom is 0.401 e. The maximum atomic E-state index is 12.4. The second-order valence-corrected chi connectivity index (χ2v) is 6.87. The molecule has 0 bridgehead atoms. The van der Waals surface area contributed by atoms with Crippen LogP contribution in [0.15, 0.2) is 0 Å². The van der Waals surface area contributed by atoms with Crippen LogP contribution in [0.2, 0.25) is 0 Å². The number of carbonyl (C=O) groups is 1. The molecule has 2 aliphatic heterocycles. The molecule has 0 aromatic heterocycles. The standard InChI is InChI=1S/C15H26F3N3O2/c1-11(2)9-23-13-4-6-21(8-13)14(22)19-12-3-5-20(7-12)10-15(16,17)18/h11-13H,3-10H2,1-2H3,(H,19,22)/t12-,13-/m0/s1. The number of halogens is 3. The predicted molar refractivity (Wildman–Crippen MR) is 80.2 cm³/mol. The van der Waals surface area contributed by atoms with Crippen LogP contribution in [-0.4, -0.2) is 73.5 Å². The van der Waals surface area contributed by atoms with Gasteiger partial charge in [-0.05, 0) is 18.8 Å². The first-order valence-corrected chi connectivity index (χ1v) is 8.19. The highest BCUT2D eigenvalue weighted by Crippen LogP contribution is 2.20. The molecule has 0 saturated carbocycles. The number of hydrogen-bond donors (Lipinski definition) is 1. The lowest BCUT2D eigenvalue weighted by Gasteiger charge is -2.22. The van der Waals surface area contributed by atoms with Gasteiger partial charge in [0.1, 0.15) is 0 Å². The van der Waals surface area contributed by atoms with Crippen molar-refractivity contribution in [2.75, 3.05) is 39.3 Å². The molecule has 5 nitrogen and oxygen atoms in total. The number of carbonyl (C=O) groups excluding carboxylic acids is 1. The SMILES string of the molecule is CC(C)CO[C@H]1CCN(C(=O)N[C@H]2CCN(CC(F)(F)F)C2)C1. The van der Waals surface area contributed by atoms with Crippen molar-refractivity contribution >= 4 is 6.03 Å². The van der Waals surface area contributed by atoms with Crippen molar-refractivity contribution in [2.45, 2.75) is 45.0 Å². The smallest absolute Gasteiger partial charge is 0.376 e. The van der Waals surface area contributed by atoms with Crippen molar-refractivity contribution in [3.8, 4) is 0 Å². The summed E-state index contributed by atoms with van der Waals surface area (Å²) in [5.74, 6) is 0.455. The highest BCUT2D eigenvalue weighted by atomic mass is 19.4. The monoisotopic (exact) mass is 337 g/mol. The van der Waals surface area contributed by atoms with Crippen molar-refractivity contribution in [3.05, 3.63) is 0 Å². The highest BCUT2D eigenvalue weighted by molar-refractivity contribution is 5.75. The number of nitrogens with one attached hydrogen (secondary N) is 1. The lowest BCUT2D eigenvalue weighted by atomic mass is 10.2. The van der Waals surface area contributed by atoms with Crippen molar-refractivity contribution in [1.82, 2.24) is 15.1 Å². The largest absolute Gasteiger partial charge is 0.401 e. The van der Waals surface area contributed by atoms with E-state index >= 15 is 0 Å². The van der Waals surface area contributed by atoms with Crippen LogP contribution in [0.5, 0.6) is 0 Å². The van der Waals surface area contributed by atoms with Crippen molar-refractivity contribution in [1.29, 1.82) is 0 Å². The van der Waals surface area contributed by atoms with E-state index in [-0.39, 0.29) is 24.7 Å². The number of rotatable bonds is 5. The van der Waals surface area contributed by atoms with Crippen LogP contribution in [0.4, 0.5) is 18.0 Å². The Morgan fingerprint density at radius 1 is 1.26 bits per heavy atom. The maximum absolute atomic E-state index is 12.4. The normalized spacial score (nSPS) is 26.3. The summed E-state index contributed by atoms with van der Waals surface area (Å²) in [7, 11) is 0. The first-order valence-electron chi connectivity index (χ1n) is 8.19. The molecule has 1 N–H and O–H groups in total. The summed E-state index contributed by atoms with van der Waals surface area (Å²) in [6, 6.07) is -0.403. The van der Waals surface area contributed by atoms with E-state index in [0.717, 1.165) is 6.42 Å². The van der Waals surface area contributed by atoms with E-state index < -0.39 is 12.7 Å². The van der Waals surface area contributed by atoms with Crippen molar-refractivity contribution < 1.29 is 22.7 Å². The van der Waals surface area contributed by atoms with E-state index in [2.05, 4.69) is 19.2 Å². The summed E-state index contributed by atoms with van der Waals surface area (Å²) in [5, 5.41) is 2.84. The lowest BCUT2D eigenvalue weighted by molar-refractivity contribution is -0.143. The fraction of sp³-hybridized carbons (Fsp3) is 0.933. The first kappa shape index (κ1) is 18.3. The van der Waals surface area contributed by atoms with Gasteiger partial charge in [-0.3, -0.25) is 4.90 Å². The molecule has 134 valence electrons. The van der Waals surface area contributed by atoms with Crippen LogP contribution in [0.1, 0.15) is 26.7 Å². The van der Waals surface area contributed by atoms with E-state index in [1.54, 1.807) is 4.90 Å². The van der Waals surface area contributed by atoms with E-state index in [4.69, 9.17) is 4.74 Å². The highest BCUT2D eigenvalue weighted by Gasteiger charge is 2.35. The van der Waals surface area contributed by atoms with Crippen molar-refractivity contribution in [3.63, 3.8) is 0 Å². The Hall–Kier alpha value is -1.02. The zero-order chi connectivity index (χ0) is 17.0. The molecule has 0 radical (unpaired) electrons. The van der Waals surface area contributed by atoms with Gasteiger partial charge in [0.15, 0.2) is 0 Å². The summed E-state index contributed by atoms with van der Waals surface area (Å²) >= 11 is 0. The molecule has 2 amide bonds. The number of ether oxygens (including phenoxy) is 1. The fourth-order valence-corrected chi connectivity index (χ4v) is 2.99. The minimum absolute atomic E-state index is 0.0634. The number of alkyl halides is 3. The average Bonchev–Trinajstić information content (AvgIpc) is 3.04. The Morgan fingerprint density at radius 2 is 2.00 bits per heavy atom. The third-order valence-corrected chi connectivity index (χ3v) is 4.10. The molecule has 0 aromatic rings. The second-order valence-electron chi connectivity index (χ2n) is 6.87. The van der Waals surface area contributed by atoms with Crippen LogP contribution in [0.25, 0.3) is 0 Å². The molecule has 2 aliphatic rings. The topological polar surface area (TPSA) is 44.8 Å². The van der Waals surface area contributed by atoms with Gasteiger partial charge in [0, 0.05) is 38.8 Å². The summed E-state index contributed by atoms with van der Waals surface area (Å²) in [6.45, 7) is 5.73. The molecule has 2 heterocycles. The van der Waals surface area contributed by atoms with Crippen LogP contribution in [0, 0.1) is 5.92 Å². The fourth-order valence-electron chi connectivity index (χ4n) is 2.99. The molecule has 8 heteroatoms. The molecular weight excluding hydrogens is 311 g/mol. The Bertz CT molecular complexity index is 404. The number of amides is 2. The summed E-state index contributed by atoms with van der Waals surface area (Å²) in [5.41, 5.74) is 0. The average molecular weight is 337 g/mol. The number of nitrogens with zero attached hydrogens (tertiary/aromatic N) is 2. The molecule has 2 saturated heterocycles.